The summed E-state index contributed by atoms with van der Waals surface area (Å²) in [4.78, 5) is 15.1. The minimum atomic E-state index is -0.653. The fourth-order valence-corrected chi connectivity index (χ4v) is 3.59. The highest BCUT2D eigenvalue weighted by molar-refractivity contribution is 7.80. The van der Waals surface area contributed by atoms with Gasteiger partial charge in [0.2, 0.25) is 5.91 Å². The number of amides is 1. The van der Waals surface area contributed by atoms with E-state index in [-0.39, 0.29) is 5.91 Å². The number of thiocarbonyl (C=S) groups is 1. The predicted molar refractivity (Wildman–Crippen MR) is 91.6 cm³/mol. The molecule has 4 heteroatoms. The van der Waals surface area contributed by atoms with Gasteiger partial charge in [-0.15, -0.1) is 0 Å². The van der Waals surface area contributed by atoms with Crippen LogP contribution in [-0.4, -0.2) is 17.9 Å². The normalized spacial score (nSPS) is 17.3. The second kappa shape index (κ2) is 6.14. The third kappa shape index (κ3) is 3.10. The lowest BCUT2D eigenvalue weighted by Crippen LogP contribution is -2.50. The molecule has 0 atom stereocenters. The van der Waals surface area contributed by atoms with Crippen molar-refractivity contribution in [2.24, 2.45) is 11.1 Å². The first-order valence-corrected chi connectivity index (χ1v) is 7.94. The zero-order chi connectivity index (χ0) is 15.6. The van der Waals surface area contributed by atoms with Gasteiger partial charge in [-0.05, 0) is 49.9 Å². The van der Waals surface area contributed by atoms with E-state index in [0.29, 0.717) is 4.99 Å². The summed E-state index contributed by atoms with van der Waals surface area (Å²) >= 11 is 5.25. The lowest BCUT2D eigenvalue weighted by Gasteiger charge is -2.38. The molecule has 1 aromatic carbocycles. The standard InChI is InChI=1S/C17H24N2OS/c1-12-9-13(2)11-14(10-12)19(3)16(20)17(15(18)21)7-5-4-6-8-17/h9-11H,4-8H2,1-3H3,(H2,18,21). The average molecular weight is 304 g/mol. The molecule has 2 N–H and O–H groups in total. The number of nitrogens with zero attached hydrogens (tertiary/aromatic N) is 1. The van der Waals surface area contributed by atoms with Gasteiger partial charge >= 0.3 is 0 Å². The Morgan fingerprint density at radius 2 is 1.67 bits per heavy atom. The lowest BCUT2D eigenvalue weighted by atomic mass is 9.73. The zero-order valence-electron chi connectivity index (χ0n) is 13.1. The summed E-state index contributed by atoms with van der Waals surface area (Å²) in [5.74, 6) is 0.0414. The Morgan fingerprint density at radius 1 is 1.14 bits per heavy atom. The third-order valence-electron chi connectivity index (χ3n) is 4.49. The second-order valence-electron chi connectivity index (χ2n) is 6.22. The van der Waals surface area contributed by atoms with E-state index < -0.39 is 5.41 Å². The van der Waals surface area contributed by atoms with Crippen molar-refractivity contribution >= 4 is 28.8 Å². The van der Waals surface area contributed by atoms with Crippen LogP contribution in [0.25, 0.3) is 0 Å². The molecule has 114 valence electrons. The van der Waals surface area contributed by atoms with Gasteiger partial charge in [0.05, 0.1) is 10.4 Å². The molecular formula is C17H24N2OS. The van der Waals surface area contributed by atoms with E-state index >= 15 is 0 Å². The molecule has 1 amide bonds. The van der Waals surface area contributed by atoms with Crippen LogP contribution in [-0.2, 0) is 4.79 Å². The van der Waals surface area contributed by atoms with Crippen molar-refractivity contribution in [1.29, 1.82) is 0 Å². The van der Waals surface area contributed by atoms with Gasteiger partial charge in [0.25, 0.3) is 0 Å². The van der Waals surface area contributed by atoms with Crippen LogP contribution in [0.5, 0.6) is 0 Å². The SMILES string of the molecule is Cc1cc(C)cc(N(C)C(=O)C2(C(N)=S)CCCCC2)c1. The molecule has 0 bridgehead atoms. The molecule has 0 unspecified atom stereocenters. The maximum atomic E-state index is 13.0. The molecule has 2 rings (SSSR count). The van der Waals surface area contributed by atoms with E-state index in [0.717, 1.165) is 48.9 Å². The fourth-order valence-electron chi connectivity index (χ4n) is 3.30. The molecular weight excluding hydrogens is 280 g/mol. The molecule has 3 nitrogen and oxygen atoms in total. The molecule has 1 aliphatic rings. The van der Waals surface area contributed by atoms with Crippen LogP contribution in [0.2, 0.25) is 0 Å². The highest BCUT2D eigenvalue weighted by Crippen LogP contribution is 2.39. The van der Waals surface area contributed by atoms with Gasteiger partial charge in [-0.3, -0.25) is 4.79 Å². The van der Waals surface area contributed by atoms with Crippen molar-refractivity contribution in [3.05, 3.63) is 29.3 Å². The molecule has 1 aliphatic carbocycles. The predicted octanol–water partition coefficient (Wildman–Crippen LogP) is 3.50. The average Bonchev–Trinajstić information content (AvgIpc) is 2.45. The molecule has 0 spiro atoms. The van der Waals surface area contributed by atoms with Crippen LogP contribution in [0.15, 0.2) is 18.2 Å². The van der Waals surface area contributed by atoms with Crippen molar-refractivity contribution in [2.75, 3.05) is 11.9 Å². The van der Waals surface area contributed by atoms with Crippen molar-refractivity contribution in [3.8, 4) is 0 Å². The number of rotatable bonds is 3. The Balaban J connectivity index is 2.34. The van der Waals surface area contributed by atoms with Crippen LogP contribution >= 0.6 is 12.2 Å². The quantitative estimate of drug-likeness (QED) is 0.869. The summed E-state index contributed by atoms with van der Waals surface area (Å²) in [6.45, 7) is 4.08. The lowest BCUT2D eigenvalue weighted by molar-refractivity contribution is -0.125. The molecule has 21 heavy (non-hydrogen) atoms. The number of nitrogens with two attached hydrogens (primary N) is 1. The Hall–Kier alpha value is -1.42. The van der Waals surface area contributed by atoms with Crippen molar-refractivity contribution in [1.82, 2.24) is 0 Å². The minimum Gasteiger partial charge on any atom is -0.392 e. The van der Waals surface area contributed by atoms with E-state index in [1.807, 2.05) is 33.0 Å². The minimum absolute atomic E-state index is 0.0414. The van der Waals surface area contributed by atoms with E-state index in [4.69, 9.17) is 18.0 Å². The fraction of sp³-hybridized carbons (Fsp3) is 0.529. The van der Waals surface area contributed by atoms with Gasteiger partial charge in [0.15, 0.2) is 0 Å². The van der Waals surface area contributed by atoms with Gasteiger partial charge in [0, 0.05) is 12.7 Å². The Morgan fingerprint density at radius 3 is 2.14 bits per heavy atom. The highest BCUT2D eigenvalue weighted by Gasteiger charge is 2.44. The maximum absolute atomic E-state index is 13.0. The molecule has 0 aliphatic heterocycles. The largest absolute Gasteiger partial charge is 0.392 e. The highest BCUT2D eigenvalue weighted by atomic mass is 32.1. The van der Waals surface area contributed by atoms with Crippen molar-refractivity contribution in [2.45, 2.75) is 46.0 Å². The van der Waals surface area contributed by atoms with E-state index in [9.17, 15) is 4.79 Å². The van der Waals surface area contributed by atoms with Crippen LogP contribution in [0, 0.1) is 19.3 Å². The Bertz CT molecular complexity index is 542. The summed E-state index contributed by atoms with van der Waals surface area (Å²) in [6, 6.07) is 6.16. The molecule has 1 fully saturated rings. The first kappa shape index (κ1) is 16.0. The molecule has 0 heterocycles. The molecule has 1 saturated carbocycles. The van der Waals surface area contributed by atoms with E-state index in [1.165, 1.54) is 0 Å². The van der Waals surface area contributed by atoms with Crippen molar-refractivity contribution in [3.63, 3.8) is 0 Å². The number of aryl methyl sites for hydroxylation is 2. The topological polar surface area (TPSA) is 46.3 Å². The third-order valence-corrected chi connectivity index (χ3v) is 4.88. The molecule has 0 aromatic heterocycles. The van der Waals surface area contributed by atoms with Crippen LogP contribution < -0.4 is 10.6 Å². The van der Waals surface area contributed by atoms with Gasteiger partial charge in [-0.25, -0.2) is 0 Å². The molecule has 1 aromatic rings. The van der Waals surface area contributed by atoms with E-state index in [2.05, 4.69) is 6.07 Å². The number of anilines is 1. The number of benzene rings is 1. The summed E-state index contributed by atoms with van der Waals surface area (Å²) in [7, 11) is 1.82. The Kier molecular flexibility index (Phi) is 4.67. The summed E-state index contributed by atoms with van der Waals surface area (Å²) in [5, 5.41) is 0. The second-order valence-corrected chi connectivity index (χ2v) is 6.66. The maximum Gasteiger partial charge on any atom is 0.239 e. The summed E-state index contributed by atoms with van der Waals surface area (Å²) in [5.41, 5.74) is 8.53. The summed E-state index contributed by atoms with van der Waals surface area (Å²) < 4.78 is 0. The summed E-state index contributed by atoms with van der Waals surface area (Å²) in [6.07, 6.45) is 4.74. The number of hydrogen-bond acceptors (Lipinski definition) is 2. The first-order chi connectivity index (χ1) is 9.86. The van der Waals surface area contributed by atoms with Gasteiger partial charge in [-0.2, -0.15) is 0 Å². The number of hydrogen-bond donors (Lipinski definition) is 1. The van der Waals surface area contributed by atoms with Crippen LogP contribution in [0.3, 0.4) is 0 Å². The Labute approximate surface area is 132 Å². The van der Waals surface area contributed by atoms with Gasteiger partial charge < -0.3 is 10.6 Å². The number of carbonyl (C=O) groups is 1. The molecule has 0 saturated heterocycles. The monoisotopic (exact) mass is 304 g/mol. The van der Waals surface area contributed by atoms with E-state index in [1.54, 1.807) is 4.90 Å². The van der Waals surface area contributed by atoms with Crippen LogP contribution in [0.1, 0.15) is 43.2 Å². The first-order valence-electron chi connectivity index (χ1n) is 7.53. The zero-order valence-corrected chi connectivity index (χ0v) is 13.9. The van der Waals surface area contributed by atoms with Crippen LogP contribution in [0.4, 0.5) is 5.69 Å². The van der Waals surface area contributed by atoms with Gasteiger partial charge in [-0.1, -0.05) is 37.5 Å². The number of carbonyl (C=O) groups excluding carboxylic acids is 1. The smallest absolute Gasteiger partial charge is 0.239 e. The van der Waals surface area contributed by atoms with Gasteiger partial charge in [0.1, 0.15) is 0 Å². The molecule has 0 radical (unpaired) electrons. The van der Waals surface area contributed by atoms with Crippen molar-refractivity contribution < 1.29 is 4.79 Å².